The summed E-state index contributed by atoms with van der Waals surface area (Å²) in [4.78, 5) is 24.6. The van der Waals surface area contributed by atoms with E-state index in [4.69, 9.17) is 0 Å². The topological polar surface area (TPSA) is 70.7 Å². The molecule has 0 unspecified atom stereocenters. The molecule has 0 aliphatic heterocycles. The fraction of sp³-hybridized carbons (Fsp3) is 0.136. The van der Waals surface area contributed by atoms with E-state index < -0.39 is 0 Å². The highest BCUT2D eigenvalue weighted by molar-refractivity contribution is 8.00. The molecule has 0 atom stereocenters. The first kappa shape index (κ1) is 18.3. The summed E-state index contributed by atoms with van der Waals surface area (Å²) in [5.74, 6) is 1.09. The number of thioether (sulfide) groups is 1. The minimum atomic E-state index is 0.00198. The van der Waals surface area contributed by atoms with E-state index in [0.717, 1.165) is 33.9 Å². The highest BCUT2D eigenvalue weighted by Gasteiger charge is 2.12. The Balaban J connectivity index is 1.38. The van der Waals surface area contributed by atoms with Gasteiger partial charge in [0.1, 0.15) is 10.9 Å². The van der Waals surface area contributed by atoms with E-state index in [0.29, 0.717) is 12.3 Å². The van der Waals surface area contributed by atoms with Crippen LogP contribution in [0, 0.1) is 0 Å². The molecule has 0 saturated carbocycles. The molecule has 0 aliphatic rings. The van der Waals surface area contributed by atoms with E-state index in [-0.39, 0.29) is 5.91 Å². The molecule has 2 aromatic heterocycles. The summed E-state index contributed by atoms with van der Waals surface area (Å²) in [5, 5.41) is 3.76. The van der Waals surface area contributed by atoms with E-state index in [1.165, 1.54) is 17.3 Å². The van der Waals surface area contributed by atoms with Crippen molar-refractivity contribution in [3.63, 3.8) is 0 Å². The molecule has 1 amide bonds. The normalized spacial score (nSPS) is 10.9. The standard InChI is InChI=1S/C22H20N4OS/c27-20(23-14-12-16-7-2-1-3-8-16)15-28-22-17(9-6-13-24-22)21-25-18-10-4-5-11-19(18)26-21/h1-11,13H,12,14-15H2,(H,23,27)(H,25,26). The molecular weight excluding hydrogens is 368 g/mol. The number of benzene rings is 2. The van der Waals surface area contributed by atoms with Crippen LogP contribution in [0.1, 0.15) is 5.56 Å². The van der Waals surface area contributed by atoms with Gasteiger partial charge in [-0.05, 0) is 36.2 Å². The van der Waals surface area contributed by atoms with Gasteiger partial charge in [-0.15, -0.1) is 0 Å². The van der Waals surface area contributed by atoms with Crippen molar-refractivity contribution in [1.82, 2.24) is 20.3 Å². The third-order valence-electron chi connectivity index (χ3n) is 4.33. The van der Waals surface area contributed by atoms with Gasteiger partial charge >= 0.3 is 0 Å². The van der Waals surface area contributed by atoms with Crippen LogP contribution in [0.5, 0.6) is 0 Å². The van der Waals surface area contributed by atoms with E-state index in [1.807, 2.05) is 54.6 Å². The van der Waals surface area contributed by atoms with Crippen molar-refractivity contribution in [1.29, 1.82) is 0 Å². The number of carbonyl (C=O) groups is 1. The third kappa shape index (κ3) is 4.40. The van der Waals surface area contributed by atoms with Crippen LogP contribution in [0.25, 0.3) is 22.4 Å². The maximum Gasteiger partial charge on any atom is 0.230 e. The van der Waals surface area contributed by atoms with Crippen LogP contribution in [0.15, 0.2) is 78.0 Å². The van der Waals surface area contributed by atoms with Gasteiger partial charge in [-0.2, -0.15) is 0 Å². The van der Waals surface area contributed by atoms with Gasteiger partial charge in [0.25, 0.3) is 0 Å². The van der Waals surface area contributed by atoms with Crippen molar-refractivity contribution in [2.75, 3.05) is 12.3 Å². The van der Waals surface area contributed by atoms with Crippen LogP contribution in [0.3, 0.4) is 0 Å². The Morgan fingerprint density at radius 2 is 1.82 bits per heavy atom. The summed E-state index contributed by atoms with van der Waals surface area (Å²) in [7, 11) is 0. The largest absolute Gasteiger partial charge is 0.355 e. The maximum absolute atomic E-state index is 12.2. The molecule has 4 rings (SSSR count). The molecular formula is C22H20N4OS. The zero-order valence-corrected chi connectivity index (χ0v) is 16.1. The fourth-order valence-corrected chi connectivity index (χ4v) is 3.77. The first-order chi connectivity index (χ1) is 13.8. The number of para-hydroxylation sites is 2. The smallest absolute Gasteiger partial charge is 0.230 e. The maximum atomic E-state index is 12.2. The molecule has 6 heteroatoms. The van der Waals surface area contributed by atoms with Crippen molar-refractivity contribution in [2.45, 2.75) is 11.4 Å². The number of aromatic amines is 1. The summed E-state index contributed by atoms with van der Waals surface area (Å²) in [6.07, 6.45) is 2.56. The number of fused-ring (bicyclic) bond motifs is 1. The van der Waals surface area contributed by atoms with Crippen molar-refractivity contribution in [3.8, 4) is 11.4 Å². The number of pyridine rings is 1. The number of nitrogens with zero attached hydrogens (tertiary/aromatic N) is 2. The molecule has 140 valence electrons. The van der Waals surface area contributed by atoms with Crippen molar-refractivity contribution >= 4 is 28.7 Å². The van der Waals surface area contributed by atoms with Crippen LogP contribution >= 0.6 is 11.8 Å². The highest BCUT2D eigenvalue weighted by Crippen LogP contribution is 2.28. The molecule has 28 heavy (non-hydrogen) atoms. The Kier molecular flexibility index (Phi) is 5.68. The monoisotopic (exact) mass is 388 g/mol. The second kappa shape index (κ2) is 8.71. The van der Waals surface area contributed by atoms with Gasteiger partial charge in [-0.1, -0.05) is 54.2 Å². The Bertz CT molecular complexity index is 1050. The second-order valence-electron chi connectivity index (χ2n) is 6.33. The zero-order chi connectivity index (χ0) is 19.2. The molecule has 5 nitrogen and oxygen atoms in total. The van der Waals surface area contributed by atoms with Crippen LogP contribution < -0.4 is 5.32 Å². The van der Waals surface area contributed by atoms with Gasteiger partial charge in [-0.3, -0.25) is 4.79 Å². The van der Waals surface area contributed by atoms with Crippen LogP contribution in [-0.2, 0) is 11.2 Å². The number of amides is 1. The number of nitrogens with one attached hydrogen (secondary N) is 2. The summed E-state index contributed by atoms with van der Waals surface area (Å²) in [5.41, 5.74) is 4.01. The Morgan fingerprint density at radius 1 is 1.00 bits per heavy atom. The summed E-state index contributed by atoms with van der Waals surface area (Å²) in [6, 6.07) is 21.9. The SMILES string of the molecule is O=C(CSc1ncccc1-c1nc2ccccc2[nH]1)NCCc1ccccc1. The van der Waals surface area contributed by atoms with E-state index in [2.05, 4.69) is 32.4 Å². The van der Waals surface area contributed by atoms with Crippen LogP contribution in [0.2, 0.25) is 0 Å². The zero-order valence-electron chi connectivity index (χ0n) is 15.3. The average molecular weight is 388 g/mol. The third-order valence-corrected chi connectivity index (χ3v) is 5.34. The number of hydrogen-bond donors (Lipinski definition) is 2. The first-order valence-electron chi connectivity index (χ1n) is 9.13. The van der Waals surface area contributed by atoms with Gasteiger partial charge < -0.3 is 10.3 Å². The van der Waals surface area contributed by atoms with Crippen molar-refractivity contribution < 1.29 is 4.79 Å². The predicted molar refractivity (Wildman–Crippen MR) is 113 cm³/mol. The van der Waals surface area contributed by atoms with Crippen LogP contribution in [0.4, 0.5) is 0 Å². The van der Waals surface area contributed by atoms with E-state index in [9.17, 15) is 4.79 Å². The molecule has 0 fully saturated rings. The lowest BCUT2D eigenvalue weighted by Gasteiger charge is -2.07. The van der Waals surface area contributed by atoms with Gasteiger partial charge in [0.05, 0.1) is 16.8 Å². The van der Waals surface area contributed by atoms with Crippen molar-refractivity contribution in [2.24, 2.45) is 0 Å². The molecule has 2 heterocycles. The minimum absolute atomic E-state index is 0.00198. The molecule has 0 saturated heterocycles. The molecule has 0 spiro atoms. The molecule has 0 bridgehead atoms. The van der Waals surface area contributed by atoms with Gasteiger partial charge in [0, 0.05) is 18.3 Å². The number of imidazole rings is 1. The number of hydrogen-bond acceptors (Lipinski definition) is 4. The lowest BCUT2D eigenvalue weighted by molar-refractivity contribution is -0.118. The Labute approximate surface area is 167 Å². The van der Waals surface area contributed by atoms with Crippen molar-refractivity contribution in [3.05, 3.63) is 78.5 Å². The molecule has 2 aromatic carbocycles. The lowest BCUT2D eigenvalue weighted by atomic mass is 10.1. The first-order valence-corrected chi connectivity index (χ1v) is 10.1. The number of aromatic nitrogens is 3. The van der Waals surface area contributed by atoms with Gasteiger partial charge in [0.2, 0.25) is 5.91 Å². The lowest BCUT2D eigenvalue weighted by Crippen LogP contribution is -2.27. The van der Waals surface area contributed by atoms with Gasteiger partial charge in [0.15, 0.2) is 0 Å². The molecule has 0 radical (unpaired) electrons. The summed E-state index contributed by atoms with van der Waals surface area (Å²) >= 11 is 1.42. The number of carbonyl (C=O) groups excluding carboxylic acids is 1. The molecule has 2 N–H and O–H groups in total. The average Bonchev–Trinajstić information content (AvgIpc) is 3.17. The summed E-state index contributed by atoms with van der Waals surface area (Å²) < 4.78 is 0. The predicted octanol–water partition coefficient (Wildman–Crippen LogP) is 4.08. The summed E-state index contributed by atoms with van der Waals surface area (Å²) in [6.45, 7) is 0.627. The number of rotatable bonds is 7. The number of H-pyrrole nitrogens is 1. The minimum Gasteiger partial charge on any atom is -0.355 e. The highest BCUT2D eigenvalue weighted by atomic mass is 32.2. The van der Waals surface area contributed by atoms with E-state index in [1.54, 1.807) is 6.20 Å². The Hall–Kier alpha value is -3.12. The molecule has 4 aromatic rings. The second-order valence-corrected chi connectivity index (χ2v) is 7.30. The fourth-order valence-electron chi connectivity index (χ4n) is 2.94. The molecule has 0 aliphatic carbocycles. The van der Waals surface area contributed by atoms with E-state index >= 15 is 0 Å². The quantitative estimate of drug-likeness (QED) is 0.468. The Morgan fingerprint density at radius 3 is 2.68 bits per heavy atom. The van der Waals surface area contributed by atoms with Gasteiger partial charge in [-0.25, -0.2) is 9.97 Å². The van der Waals surface area contributed by atoms with Crippen LogP contribution in [-0.4, -0.2) is 33.2 Å².